The van der Waals surface area contributed by atoms with Crippen LogP contribution in [0.5, 0.6) is 0 Å². The van der Waals surface area contributed by atoms with E-state index in [9.17, 15) is 12.8 Å². The SMILES string of the molecule is O=S(=O)(c1ccc(Cl)c(F)c1Cl)N1C2CCC1CC(Cl)C2. The average molecular weight is 373 g/mol. The van der Waals surface area contributed by atoms with E-state index in [-0.39, 0.29) is 27.4 Å². The van der Waals surface area contributed by atoms with Crippen LogP contribution in [0.4, 0.5) is 4.39 Å². The molecule has 2 bridgehead atoms. The van der Waals surface area contributed by atoms with Crippen molar-refractivity contribution in [3.8, 4) is 0 Å². The molecule has 2 heterocycles. The number of fused-ring (bicyclic) bond motifs is 2. The summed E-state index contributed by atoms with van der Waals surface area (Å²) in [6.07, 6.45) is 2.79. The molecule has 2 saturated heterocycles. The number of nitrogens with zero attached hydrogens (tertiary/aromatic N) is 1. The molecule has 2 aliphatic rings. The maximum Gasteiger partial charge on any atom is 0.245 e. The maximum absolute atomic E-state index is 13.8. The summed E-state index contributed by atoms with van der Waals surface area (Å²) < 4.78 is 40.9. The van der Waals surface area contributed by atoms with Crippen molar-refractivity contribution >= 4 is 44.8 Å². The Kier molecular flexibility index (Phi) is 4.17. The number of rotatable bonds is 2. The minimum absolute atomic E-state index is 0.00799. The summed E-state index contributed by atoms with van der Waals surface area (Å²) in [7, 11) is -3.85. The Morgan fingerprint density at radius 1 is 1.14 bits per heavy atom. The summed E-state index contributed by atoms with van der Waals surface area (Å²) in [6.45, 7) is 0. The number of halogens is 4. The van der Waals surface area contributed by atoms with Crippen LogP contribution in [-0.4, -0.2) is 30.2 Å². The molecule has 8 heteroatoms. The summed E-state index contributed by atoms with van der Waals surface area (Å²) >= 11 is 17.6. The van der Waals surface area contributed by atoms with Crippen LogP contribution < -0.4 is 0 Å². The first-order chi connectivity index (χ1) is 9.82. The van der Waals surface area contributed by atoms with Crippen molar-refractivity contribution in [3.05, 3.63) is 28.0 Å². The van der Waals surface area contributed by atoms with Gasteiger partial charge >= 0.3 is 0 Å². The van der Waals surface area contributed by atoms with E-state index in [2.05, 4.69) is 0 Å². The van der Waals surface area contributed by atoms with E-state index in [4.69, 9.17) is 34.8 Å². The normalized spacial score (nSPS) is 29.8. The van der Waals surface area contributed by atoms with E-state index >= 15 is 0 Å². The van der Waals surface area contributed by atoms with Gasteiger partial charge in [-0.2, -0.15) is 4.31 Å². The first-order valence-corrected chi connectivity index (χ1v) is 9.26. The van der Waals surface area contributed by atoms with E-state index in [1.54, 1.807) is 0 Å². The van der Waals surface area contributed by atoms with Gasteiger partial charge in [-0.05, 0) is 37.8 Å². The molecule has 0 N–H and O–H groups in total. The van der Waals surface area contributed by atoms with Gasteiger partial charge < -0.3 is 0 Å². The molecule has 0 spiro atoms. The molecule has 0 saturated carbocycles. The summed E-state index contributed by atoms with van der Waals surface area (Å²) in [6, 6.07) is 2.21. The first kappa shape index (κ1) is 15.8. The van der Waals surface area contributed by atoms with Crippen molar-refractivity contribution in [2.24, 2.45) is 0 Å². The second-order valence-corrected chi connectivity index (χ2v) is 8.68. The number of alkyl halides is 1. The Labute approximate surface area is 138 Å². The zero-order valence-electron chi connectivity index (χ0n) is 10.9. The maximum atomic E-state index is 13.8. The van der Waals surface area contributed by atoms with Gasteiger partial charge in [0.15, 0.2) is 5.82 Å². The van der Waals surface area contributed by atoms with E-state index in [1.165, 1.54) is 16.4 Å². The fourth-order valence-electron chi connectivity index (χ4n) is 3.28. The van der Waals surface area contributed by atoms with Crippen molar-refractivity contribution in [1.82, 2.24) is 4.31 Å². The molecule has 1 aromatic rings. The largest absolute Gasteiger partial charge is 0.245 e. The molecule has 116 valence electrons. The predicted octanol–water partition coefficient (Wildman–Crippen LogP) is 4.06. The molecular weight excluding hydrogens is 360 g/mol. The predicted molar refractivity (Wildman–Crippen MR) is 81.1 cm³/mol. The van der Waals surface area contributed by atoms with Crippen LogP contribution in [0.2, 0.25) is 10.0 Å². The molecule has 0 amide bonds. The molecule has 0 aromatic heterocycles. The zero-order valence-corrected chi connectivity index (χ0v) is 14.0. The van der Waals surface area contributed by atoms with Crippen LogP contribution in [0.1, 0.15) is 25.7 Å². The van der Waals surface area contributed by atoms with Crippen molar-refractivity contribution in [3.63, 3.8) is 0 Å². The summed E-state index contributed by atoms with van der Waals surface area (Å²) in [4.78, 5) is -0.226. The first-order valence-electron chi connectivity index (χ1n) is 6.63. The Balaban J connectivity index is 2.04. The van der Waals surface area contributed by atoms with Crippen LogP contribution in [0.25, 0.3) is 0 Å². The van der Waals surface area contributed by atoms with Crippen molar-refractivity contribution in [2.45, 2.75) is 48.0 Å². The molecule has 2 atom stereocenters. The topological polar surface area (TPSA) is 37.4 Å². The van der Waals surface area contributed by atoms with Crippen LogP contribution >= 0.6 is 34.8 Å². The fourth-order valence-corrected chi connectivity index (χ4v) is 6.31. The number of piperidine rings is 1. The van der Waals surface area contributed by atoms with Crippen molar-refractivity contribution < 1.29 is 12.8 Å². The lowest BCUT2D eigenvalue weighted by Gasteiger charge is -2.36. The van der Waals surface area contributed by atoms with Gasteiger partial charge in [0.25, 0.3) is 0 Å². The number of hydrogen-bond acceptors (Lipinski definition) is 2. The third-order valence-corrected chi connectivity index (χ3v) is 7.34. The lowest BCUT2D eigenvalue weighted by Crippen LogP contribution is -2.46. The molecule has 2 aliphatic heterocycles. The highest BCUT2D eigenvalue weighted by molar-refractivity contribution is 7.89. The standard InChI is InChI=1S/C13H13Cl3FNO2S/c14-7-5-8-1-2-9(6-7)18(8)21(19,20)11-4-3-10(15)13(17)12(11)16/h3-4,7-9H,1-2,5-6H2. The smallest absolute Gasteiger partial charge is 0.207 e. The molecule has 3 rings (SSSR count). The van der Waals surface area contributed by atoms with Crippen LogP contribution in [0, 0.1) is 5.82 Å². The highest BCUT2D eigenvalue weighted by Gasteiger charge is 2.47. The molecule has 1 aromatic carbocycles. The minimum atomic E-state index is -3.85. The summed E-state index contributed by atoms with van der Waals surface area (Å²) in [5.74, 6) is -0.904. The van der Waals surface area contributed by atoms with Gasteiger partial charge in [-0.1, -0.05) is 23.2 Å². The van der Waals surface area contributed by atoms with Gasteiger partial charge in [0.2, 0.25) is 10.0 Å². The van der Waals surface area contributed by atoms with Crippen molar-refractivity contribution in [1.29, 1.82) is 0 Å². The van der Waals surface area contributed by atoms with Gasteiger partial charge in [0.05, 0.1) is 10.0 Å². The second-order valence-electron chi connectivity index (χ2n) is 5.46. The van der Waals surface area contributed by atoms with Gasteiger partial charge in [0.1, 0.15) is 4.90 Å². The van der Waals surface area contributed by atoms with Crippen molar-refractivity contribution in [2.75, 3.05) is 0 Å². The van der Waals surface area contributed by atoms with E-state index in [0.29, 0.717) is 12.8 Å². The average Bonchev–Trinajstić information content (AvgIpc) is 2.69. The van der Waals surface area contributed by atoms with E-state index < -0.39 is 20.9 Å². The third-order valence-electron chi connectivity index (χ3n) is 4.16. The lowest BCUT2D eigenvalue weighted by molar-refractivity contribution is 0.251. The molecule has 2 fully saturated rings. The number of sulfonamides is 1. The molecule has 0 aliphatic carbocycles. The van der Waals surface area contributed by atoms with E-state index in [1.807, 2.05) is 0 Å². The number of benzene rings is 1. The highest BCUT2D eigenvalue weighted by Crippen LogP contribution is 2.43. The molecular formula is C13H13Cl3FNO2S. The minimum Gasteiger partial charge on any atom is -0.207 e. The Morgan fingerprint density at radius 3 is 2.29 bits per heavy atom. The molecule has 21 heavy (non-hydrogen) atoms. The Hall–Kier alpha value is -0.0700. The van der Waals surface area contributed by atoms with Gasteiger partial charge in [-0.15, -0.1) is 11.6 Å². The van der Waals surface area contributed by atoms with Gasteiger partial charge in [-0.25, -0.2) is 12.8 Å². The monoisotopic (exact) mass is 371 g/mol. The second kappa shape index (κ2) is 5.53. The lowest BCUT2D eigenvalue weighted by atomic mass is 10.1. The van der Waals surface area contributed by atoms with Crippen LogP contribution in [-0.2, 0) is 10.0 Å². The summed E-state index contributed by atoms with van der Waals surface area (Å²) in [5.41, 5.74) is 0. The summed E-state index contributed by atoms with van der Waals surface area (Å²) in [5, 5.41) is -0.650. The number of hydrogen-bond donors (Lipinski definition) is 0. The molecule has 2 unspecified atom stereocenters. The Bertz CT molecular complexity index is 668. The Morgan fingerprint density at radius 2 is 1.71 bits per heavy atom. The van der Waals surface area contributed by atoms with Crippen LogP contribution in [0.3, 0.4) is 0 Å². The highest BCUT2D eigenvalue weighted by atomic mass is 35.5. The molecule has 3 nitrogen and oxygen atoms in total. The zero-order chi connectivity index (χ0) is 15.4. The third kappa shape index (κ3) is 2.57. The van der Waals surface area contributed by atoms with Gasteiger partial charge in [0, 0.05) is 17.5 Å². The fraction of sp³-hybridized carbons (Fsp3) is 0.538. The van der Waals surface area contributed by atoms with Gasteiger partial charge in [-0.3, -0.25) is 0 Å². The quantitative estimate of drug-likeness (QED) is 0.580. The van der Waals surface area contributed by atoms with Crippen LogP contribution in [0.15, 0.2) is 17.0 Å². The van der Waals surface area contributed by atoms with E-state index in [0.717, 1.165) is 12.8 Å². The molecule has 0 radical (unpaired) electrons.